The third-order valence-corrected chi connectivity index (χ3v) is 4.85. The minimum atomic E-state index is 0.390. The maximum absolute atomic E-state index is 5.99. The normalized spacial score (nSPS) is 21.6. The Bertz CT molecular complexity index is 672. The summed E-state index contributed by atoms with van der Waals surface area (Å²) in [7, 11) is 2.09. The molecule has 0 saturated heterocycles. The molecule has 0 radical (unpaired) electrons. The molecule has 1 fully saturated rings. The molecule has 0 N–H and O–H groups in total. The predicted molar refractivity (Wildman–Crippen MR) is 87.1 cm³/mol. The van der Waals surface area contributed by atoms with Crippen molar-refractivity contribution in [1.82, 2.24) is 14.5 Å². The van der Waals surface area contributed by atoms with Gasteiger partial charge in [0.2, 0.25) is 0 Å². The fourth-order valence-electron chi connectivity index (χ4n) is 3.51. The summed E-state index contributed by atoms with van der Waals surface area (Å²) in [5.41, 5.74) is 2.52. The zero-order valence-electron chi connectivity index (χ0n) is 14.0. The zero-order valence-corrected chi connectivity index (χ0v) is 14.0. The van der Waals surface area contributed by atoms with Crippen LogP contribution in [0.5, 0.6) is 0 Å². The van der Waals surface area contributed by atoms with Crippen molar-refractivity contribution >= 4 is 0 Å². The molecular formula is C18H25N3O2. The molecule has 1 aliphatic heterocycles. The van der Waals surface area contributed by atoms with Crippen LogP contribution in [-0.2, 0) is 24.9 Å². The van der Waals surface area contributed by atoms with Crippen LogP contribution in [0.2, 0.25) is 0 Å². The van der Waals surface area contributed by atoms with E-state index in [9.17, 15) is 0 Å². The molecule has 23 heavy (non-hydrogen) atoms. The van der Waals surface area contributed by atoms with E-state index in [1.807, 2.05) is 19.3 Å². The Labute approximate surface area is 137 Å². The Morgan fingerprint density at radius 2 is 2.17 bits per heavy atom. The van der Waals surface area contributed by atoms with Gasteiger partial charge in [-0.05, 0) is 37.8 Å². The molecule has 0 bridgehead atoms. The van der Waals surface area contributed by atoms with Crippen molar-refractivity contribution in [2.24, 2.45) is 13.0 Å². The fraction of sp³-hybridized carbons (Fsp3) is 0.611. The van der Waals surface area contributed by atoms with Crippen molar-refractivity contribution in [3.05, 3.63) is 41.4 Å². The average molecular weight is 315 g/mol. The molecular weight excluding hydrogens is 290 g/mol. The fourth-order valence-corrected chi connectivity index (χ4v) is 3.51. The lowest BCUT2D eigenvalue weighted by atomic mass is 9.99. The maximum Gasteiger partial charge on any atom is 0.118 e. The van der Waals surface area contributed by atoms with Crippen LogP contribution in [0.25, 0.3) is 0 Å². The Kier molecular flexibility index (Phi) is 3.99. The van der Waals surface area contributed by atoms with E-state index in [0.717, 1.165) is 50.3 Å². The van der Waals surface area contributed by atoms with E-state index in [0.29, 0.717) is 5.92 Å². The van der Waals surface area contributed by atoms with Crippen molar-refractivity contribution in [2.75, 3.05) is 19.8 Å². The molecule has 0 spiro atoms. The first-order chi connectivity index (χ1) is 11.2. The van der Waals surface area contributed by atoms with E-state index in [4.69, 9.17) is 9.15 Å². The third-order valence-electron chi connectivity index (χ3n) is 4.85. The number of aryl methyl sites for hydroxylation is 2. The second-order valence-electron chi connectivity index (χ2n) is 7.05. The van der Waals surface area contributed by atoms with Gasteiger partial charge in [0.05, 0.1) is 25.2 Å². The summed E-state index contributed by atoms with van der Waals surface area (Å²) < 4.78 is 13.9. The maximum atomic E-state index is 5.99. The van der Waals surface area contributed by atoms with Crippen LogP contribution in [0, 0.1) is 12.8 Å². The van der Waals surface area contributed by atoms with Crippen molar-refractivity contribution in [2.45, 2.75) is 38.8 Å². The molecule has 1 aliphatic carbocycles. The van der Waals surface area contributed by atoms with E-state index in [2.05, 4.69) is 27.6 Å². The first-order valence-corrected chi connectivity index (χ1v) is 8.54. The smallest absolute Gasteiger partial charge is 0.118 e. The van der Waals surface area contributed by atoms with Gasteiger partial charge in [0, 0.05) is 38.4 Å². The summed E-state index contributed by atoms with van der Waals surface area (Å²) >= 11 is 0. The predicted octanol–water partition coefficient (Wildman–Crippen LogP) is 2.85. The van der Waals surface area contributed by atoms with Gasteiger partial charge in [-0.2, -0.15) is 0 Å². The summed E-state index contributed by atoms with van der Waals surface area (Å²) in [4.78, 5) is 7.01. The van der Waals surface area contributed by atoms with E-state index in [1.54, 1.807) is 0 Å². The molecule has 2 aliphatic rings. The quantitative estimate of drug-likeness (QED) is 0.822. The van der Waals surface area contributed by atoms with Crippen molar-refractivity contribution in [1.29, 1.82) is 0 Å². The first kappa shape index (κ1) is 15.0. The number of furan rings is 1. The highest BCUT2D eigenvalue weighted by Gasteiger charge is 2.30. The molecule has 5 heteroatoms. The minimum absolute atomic E-state index is 0.390. The second-order valence-corrected chi connectivity index (χ2v) is 7.05. The van der Waals surface area contributed by atoms with Crippen LogP contribution in [0.3, 0.4) is 0 Å². The number of nitrogens with zero attached hydrogens (tertiary/aromatic N) is 3. The number of fused-ring (bicyclic) bond motifs is 1. The van der Waals surface area contributed by atoms with Gasteiger partial charge in [-0.1, -0.05) is 0 Å². The van der Waals surface area contributed by atoms with Crippen molar-refractivity contribution in [3.63, 3.8) is 0 Å². The first-order valence-electron chi connectivity index (χ1n) is 8.54. The minimum Gasteiger partial charge on any atom is -0.465 e. The number of rotatable bonds is 6. The van der Waals surface area contributed by atoms with Gasteiger partial charge in [-0.3, -0.25) is 4.90 Å². The Balaban J connectivity index is 1.45. The molecule has 1 saturated carbocycles. The van der Waals surface area contributed by atoms with Gasteiger partial charge >= 0.3 is 0 Å². The van der Waals surface area contributed by atoms with Gasteiger partial charge in [0.15, 0.2) is 0 Å². The zero-order chi connectivity index (χ0) is 15.8. The second kappa shape index (κ2) is 6.13. The molecule has 4 rings (SSSR count). The number of hydrogen-bond donors (Lipinski definition) is 0. The molecule has 5 nitrogen and oxygen atoms in total. The Hall–Kier alpha value is -1.59. The number of imidazole rings is 1. The number of hydrogen-bond acceptors (Lipinski definition) is 4. The topological polar surface area (TPSA) is 43.4 Å². The van der Waals surface area contributed by atoms with E-state index in [-0.39, 0.29) is 0 Å². The largest absolute Gasteiger partial charge is 0.465 e. The number of ether oxygens (including phenoxy) is 1. The highest BCUT2D eigenvalue weighted by molar-refractivity contribution is 5.22. The summed E-state index contributed by atoms with van der Waals surface area (Å²) in [6.45, 7) is 6.41. The van der Waals surface area contributed by atoms with Crippen LogP contribution in [-0.4, -0.2) is 34.2 Å². The highest BCUT2D eigenvalue weighted by atomic mass is 16.5. The lowest BCUT2D eigenvalue weighted by Gasteiger charge is -2.32. The molecule has 1 unspecified atom stereocenters. The van der Waals surface area contributed by atoms with E-state index < -0.39 is 0 Å². The number of aromatic nitrogens is 2. The van der Waals surface area contributed by atoms with Gasteiger partial charge in [0.25, 0.3) is 0 Å². The molecule has 124 valence electrons. The average Bonchev–Trinajstić information content (AvgIpc) is 3.15. The molecule has 3 heterocycles. The molecule has 2 aromatic rings. The molecule has 1 atom stereocenters. The van der Waals surface area contributed by atoms with E-state index >= 15 is 0 Å². The van der Waals surface area contributed by atoms with Crippen LogP contribution < -0.4 is 0 Å². The van der Waals surface area contributed by atoms with Crippen LogP contribution in [0.15, 0.2) is 22.9 Å². The lowest BCUT2D eigenvalue weighted by molar-refractivity contribution is 0.0850. The van der Waals surface area contributed by atoms with Gasteiger partial charge in [-0.15, -0.1) is 0 Å². The van der Waals surface area contributed by atoms with Gasteiger partial charge in [0.1, 0.15) is 11.5 Å². The van der Waals surface area contributed by atoms with Gasteiger partial charge < -0.3 is 13.7 Å². The monoisotopic (exact) mass is 315 g/mol. The lowest BCUT2D eigenvalue weighted by Crippen LogP contribution is -2.36. The highest BCUT2D eigenvalue weighted by Crippen LogP contribution is 2.31. The molecule has 0 amide bonds. The summed E-state index contributed by atoms with van der Waals surface area (Å²) in [5, 5.41) is 0. The van der Waals surface area contributed by atoms with Crippen molar-refractivity contribution < 1.29 is 9.15 Å². The van der Waals surface area contributed by atoms with Crippen LogP contribution in [0.4, 0.5) is 0 Å². The molecule has 2 aromatic heterocycles. The van der Waals surface area contributed by atoms with Crippen LogP contribution in [0.1, 0.15) is 41.7 Å². The standard InChI is InChI=1S/C18H25N3O2/c1-13-3-6-16(23-13)8-21-7-15(11-22-10-14-4-5-14)18-17(9-21)19-12-20(18)2/h3,6,12,14-15H,4-5,7-11H2,1-2H3. The summed E-state index contributed by atoms with van der Waals surface area (Å²) in [6.07, 6.45) is 4.61. The van der Waals surface area contributed by atoms with Gasteiger partial charge in [-0.25, -0.2) is 4.98 Å². The van der Waals surface area contributed by atoms with Crippen LogP contribution >= 0.6 is 0 Å². The Morgan fingerprint density at radius 3 is 2.91 bits per heavy atom. The Morgan fingerprint density at radius 1 is 1.30 bits per heavy atom. The van der Waals surface area contributed by atoms with E-state index in [1.165, 1.54) is 24.2 Å². The molecule has 0 aromatic carbocycles. The SMILES string of the molecule is Cc1ccc(CN2Cc3ncn(C)c3C(COCC3CC3)C2)o1. The summed E-state index contributed by atoms with van der Waals surface area (Å²) in [5.74, 6) is 3.20. The third kappa shape index (κ3) is 3.35. The summed E-state index contributed by atoms with van der Waals surface area (Å²) in [6, 6.07) is 4.10. The van der Waals surface area contributed by atoms with Crippen molar-refractivity contribution in [3.8, 4) is 0 Å².